The quantitative estimate of drug-likeness (QED) is 0.873. The third-order valence-corrected chi connectivity index (χ3v) is 4.86. The topological polar surface area (TPSA) is 29.3 Å². The molecule has 0 spiro atoms. The zero-order chi connectivity index (χ0) is 11.6. The summed E-state index contributed by atoms with van der Waals surface area (Å²) < 4.78 is 0. The van der Waals surface area contributed by atoms with Gasteiger partial charge in [0.15, 0.2) is 0 Å². The van der Waals surface area contributed by atoms with Gasteiger partial charge in [0.2, 0.25) is 0 Å². The summed E-state index contributed by atoms with van der Waals surface area (Å²) in [5.41, 5.74) is 7.91. The third-order valence-electron chi connectivity index (χ3n) is 3.83. The lowest BCUT2D eigenvalue weighted by molar-refractivity contribution is 0.186. The molecule has 0 fully saturated rings. The summed E-state index contributed by atoms with van der Waals surface area (Å²) in [4.78, 5) is 4.09. The molecule has 0 saturated heterocycles. The zero-order valence-corrected chi connectivity index (χ0v) is 11.1. The van der Waals surface area contributed by atoms with Gasteiger partial charge >= 0.3 is 0 Å². The molecule has 0 bridgehead atoms. The van der Waals surface area contributed by atoms with Crippen molar-refractivity contribution in [3.8, 4) is 0 Å². The van der Waals surface area contributed by atoms with Crippen molar-refractivity contribution in [2.24, 2.45) is 5.73 Å². The van der Waals surface area contributed by atoms with Crippen LogP contribution in [0.2, 0.25) is 0 Å². The van der Waals surface area contributed by atoms with Crippen molar-refractivity contribution in [1.29, 1.82) is 0 Å². The lowest BCUT2D eigenvalue weighted by Gasteiger charge is -2.36. The van der Waals surface area contributed by atoms with Crippen LogP contribution >= 0.6 is 11.3 Å². The van der Waals surface area contributed by atoms with Gasteiger partial charge in [0, 0.05) is 30.1 Å². The summed E-state index contributed by atoms with van der Waals surface area (Å²) in [5.74, 6) is 0. The molecule has 2 rings (SSSR count). The van der Waals surface area contributed by atoms with E-state index in [0.717, 1.165) is 25.9 Å². The van der Waals surface area contributed by atoms with E-state index in [1.54, 1.807) is 4.88 Å². The van der Waals surface area contributed by atoms with E-state index < -0.39 is 0 Å². The number of rotatable bonds is 4. The Hall–Kier alpha value is -0.380. The second-order valence-corrected chi connectivity index (χ2v) is 5.90. The Morgan fingerprint density at radius 3 is 2.88 bits per heavy atom. The SMILES string of the molecule is CCC(N)(CC)CN1CCc2sccc2C1. The maximum atomic E-state index is 6.38. The molecule has 1 aromatic rings. The molecule has 0 aromatic carbocycles. The van der Waals surface area contributed by atoms with E-state index in [0.29, 0.717) is 0 Å². The van der Waals surface area contributed by atoms with Crippen molar-refractivity contribution in [2.75, 3.05) is 13.1 Å². The van der Waals surface area contributed by atoms with Gasteiger partial charge in [-0.15, -0.1) is 11.3 Å². The summed E-state index contributed by atoms with van der Waals surface area (Å²) >= 11 is 1.90. The summed E-state index contributed by atoms with van der Waals surface area (Å²) in [6.07, 6.45) is 3.34. The number of fused-ring (bicyclic) bond motifs is 1. The second kappa shape index (κ2) is 4.86. The number of hydrogen-bond acceptors (Lipinski definition) is 3. The number of nitrogens with two attached hydrogens (primary N) is 1. The minimum absolute atomic E-state index is 0.00747. The van der Waals surface area contributed by atoms with Crippen molar-refractivity contribution >= 4 is 11.3 Å². The fourth-order valence-electron chi connectivity index (χ4n) is 2.36. The molecule has 2 nitrogen and oxygen atoms in total. The molecule has 1 aromatic heterocycles. The van der Waals surface area contributed by atoms with Gasteiger partial charge < -0.3 is 5.73 Å². The molecule has 90 valence electrons. The highest BCUT2D eigenvalue weighted by Crippen LogP contribution is 2.25. The van der Waals surface area contributed by atoms with Crippen LogP contribution in [0.4, 0.5) is 0 Å². The molecule has 0 unspecified atom stereocenters. The van der Waals surface area contributed by atoms with Crippen LogP contribution in [0.5, 0.6) is 0 Å². The minimum atomic E-state index is 0.00747. The molecule has 16 heavy (non-hydrogen) atoms. The Kier molecular flexibility index (Phi) is 3.67. The molecule has 1 aliphatic rings. The van der Waals surface area contributed by atoms with Crippen molar-refractivity contribution in [2.45, 2.75) is 45.2 Å². The maximum absolute atomic E-state index is 6.38. The molecular formula is C13H22N2S. The molecular weight excluding hydrogens is 216 g/mol. The maximum Gasteiger partial charge on any atom is 0.0278 e. The van der Waals surface area contributed by atoms with Gasteiger partial charge in [0.25, 0.3) is 0 Å². The van der Waals surface area contributed by atoms with Crippen LogP contribution in [0.1, 0.15) is 37.1 Å². The van der Waals surface area contributed by atoms with Gasteiger partial charge in [0.05, 0.1) is 0 Å². The van der Waals surface area contributed by atoms with Crippen LogP contribution in [0.25, 0.3) is 0 Å². The average molecular weight is 238 g/mol. The van der Waals surface area contributed by atoms with Crippen LogP contribution in [-0.2, 0) is 13.0 Å². The first kappa shape index (κ1) is 12.1. The summed E-state index contributed by atoms with van der Waals surface area (Å²) in [6, 6.07) is 2.27. The standard InChI is InChI=1S/C13H22N2S/c1-3-13(14,4-2)10-15-7-5-12-11(9-15)6-8-16-12/h6,8H,3-5,7,9-10,14H2,1-2H3. The minimum Gasteiger partial charge on any atom is -0.324 e. The third kappa shape index (κ3) is 2.47. The highest BCUT2D eigenvalue weighted by molar-refractivity contribution is 7.10. The second-order valence-electron chi connectivity index (χ2n) is 4.90. The number of hydrogen-bond donors (Lipinski definition) is 1. The predicted molar refractivity (Wildman–Crippen MR) is 70.8 cm³/mol. The molecule has 3 heteroatoms. The predicted octanol–water partition coefficient (Wildman–Crippen LogP) is 2.62. The fourth-order valence-corrected chi connectivity index (χ4v) is 3.25. The Morgan fingerprint density at radius 1 is 1.44 bits per heavy atom. The first-order chi connectivity index (χ1) is 7.67. The average Bonchev–Trinajstić information content (AvgIpc) is 2.76. The molecule has 2 N–H and O–H groups in total. The number of nitrogens with zero attached hydrogens (tertiary/aromatic N) is 1. The largest absolute Gasteiger partial charge is 0.324 e. The van der Waals surface area contributed by atoms with Crippen LogP contribution in [0.3, 0.4) is 0 Å². The first-order valence-corrected chi connectivity index (χ1v) is 7.11. The summed E-state index contributed by atoms with van der Waals surface area (Å²) in [7, 11) is 0. The number of thiophene rings is 1. The fraction of sp³-hybridized carbons (Fsp3) is 0.692. The highest BCUT2D eigenvalue weighted by atomic mass is 32.1. The Labute approximate surface area is 102 Å². The van der Waals surface area contributed by atoms with Gasteiger partial charge in [-0.05, 0) is 36.3 Å². The van der Waals surface area contributed by atoms with E-state index in [1.807, 2.05) is 11.3 Å². The monoisotopic (exact) mass is 238 g/mol. The van der Waals surface area contributed by atoms with Gasteiger partial charge in [-0.3, -0.25) is 4.90 Å². The van der Waals surface area contributed by atoms with E-state index in [9.17, 15) is 0 Å². The van der Waals surface area contributed by atoms with E-state index in [1.165, 1.54) is 18.5 Å². The molecule has 0 atom stereocenters. The van der Waals surface area contributed by atoms with Gasteiger partial charge in [-0.25, -0.2) is 0 Å². The van der Waals surface area contributed by atoms with E-state index >= 15 is 0 Å². The van der Waals surface area contributed by atoms with Crippen LogP contribution < -0.4 is 5.73 Å². The van der Waals surface area contributed by atoms with Gasteiger partial charge in [-0.2, -0.15) is 0 Å². The van der Waals surface area contributed by atoms with Crippen molar-refractivity contribution in [3.63, 3.8) is 0 Å². The molecule has 0 amide bonds. The normalized spacial score (nSPS) is 17.4. The molecule has 0 radical (unpaired) electrons. The van der Waals surface area contributed by atoms with Crippen molar-refractivity contribution < 1.29 is 0 Å². The summed E-state index contributed by atoms with van der Waals surface area (Å²) in [6.45, 7) is 7.70. The van der Waals surface area contributed by atoms with E-state index in [4.69, 9.17) is 5.73 Å². The molecule has 0 aliphatic carbocycles. The van der Waals surface area contributed by atoms with E-state index in [-0.39, 0.29) is 5.54 Å². The Morgan fingerprint density at radius 2 is 2.19 bits per heavy atom. The first-order valence-electron chi connectivity index (χ1n) is 6.23. The smallest absolute Gasteiger partial charge is 0.0278 e. The van der Waals surface area contributed by atoms with Crippen molar-refractivity contribution in [3.05, 3.63) is 21.9 Å². The molecule has 0 saturated carbocycles. The zero-order valence-electron chi connectivity index (χ0n) is 10.3. The van der Waals surface area contributed by atoms with Crippen molar-refractivity contribution in [1.82, 2.24) is 4.90 Å². The Balaban J connectivity index is 1.99. The Bertz CT molecular complexity index is 341. The van der Waals surface area contributed by atoms with Crippen LogP contribution in [0.15, 0.2) is 11.4 Å². The van der Waals surface area contributed by atoms with Gasteiger partial charge in [-0.1, -0.05) is 13.8 Å². The van der Waals surface area contributed by atoms with Crippen LogP contribution in [-0.4, -0.2) is 23.5 Å². The summed E-state index contributed by atoms with van der Waals surface area (Å²) in [5, 5.41) is 2.21. The highest BCUT2D eigenvalue weighted by Gasteiger charge is 2.26. The van der Waals surface area contributed by atoms with E-state index in [2.05, 4.69) is 30.2 Å². The lowest BCUT2D eigenvalue weighted by atomic mass is 9.92. The van der Waals surface area contributed by atoms with Crippen LogP contribution in [0, 0.1) is 0 Å². The molecule has 1 aliphatic heterocycles. The van der Waals surface area contributed by atoms with Gasteiger partial charge in [0.1, 0.15) is 0 Å². The lowest BCUT2D eigenvalue weighted by Crippen LogP contribution is -2.50. The molecule has 2 heterocycles.